The monoisotopic (exact) mass is 955 g/mol. The van der Waals surface area contributed by atoms with Crippen LogP contribution in [-0.4, -0.2) is 18.7 Å². The first-order valence-corrected chi connectivity index (χ1v) is 21.3. The SMILES string of the molecule is [Pt]=[c]1n(-c2[c-]c(Oc3[c-]c4c(cc3)c3ccccc3n4-c3ccc(-c4cccs4)cn3)ccc2)c2ccccc2n1-c1c(-c2ccccc2)cccc1-c1ccccc1. The molecule has 4 aromatic heterocycles. The number of imidazole rings is 1. The van der Waals surface area contributed by atoms with Gasteiger partial charge in [-0.15, -0.1) is 11.3 Å². The Morgan fingerprint density at radius 3 is 1.85 bits per heavy atom. The summed E-state index contributed by atoms with van der Waals surface area (Å²) in [6.45, 7) is 0. The average molecular weight is 956 g/mol. The number of nitrogens with zero attached hydrogens (tertiary/aromatic N) is 4. The van der Waals surface area contributed by atoms with Gasteiger partial charge in [0.2, 0.25) is 0 Å². The van der Waals surface area contributed by atoms with Gasteiger partial charge in [-0.05, 0) is 17.5 Å². The van der Waals surface area contributed by atoms with Crippen molar-refractivity contribution in [3.05, 3.63) is 210 Å². The second-order valence-corrected chi connectivity index (χ2v) is 16.1. The number of thiophene rings is 1. The number of benzene rings is 7. The van der Waals surface area contributed by atoms with Crippen LogP contribution in [0.4, 0.5) is 0 Å². The van der Waals surface area contributed by atoms with Crippen molar-refractivity contribution in [1.82, 2.24) is 18.7 Å². The van der Waals surface area contributed by atoms with E-state index < -0.39 is 0 Å². The Labute approximate surface area is 355 Å². The van der Waals surface area contributed by atoms with Gasteiger partial charge in [0, 0.05) is 16.6 Å². The van der Waals surface area contributed by atoms with Crippen molar-refractivity contribution in [3.8, 4) is 61.4 Å². The third-order valence-corrected chi connectivity index (χ3v) is 12.6. The summed E-state index contributed by atoms with van der Waals surface area (Å²) in [5.41, 5.74) is 11.8. The van der Waals surface area contributed by atoms with Gasteiger partial charge in [0.1, 0.15) is 0 Å². The van der Waals surface area contributed by atoms with E-state index in [-0.39, 0.29) is 0 Å². The Morgan fingerprint density at radius 1 is 0.492 bits per heavy atom. The summed E-state index contributed by atoms with van der Waals surface area (Å²) in [5.74, 6) is 2.01. The van der Waals surface area contributed by atoms with Gasteiger partial charge >= 0.3 is 294 Å². The minimum atomic E-state index is 0.592. The molecule has 5 nitrogen and oxygen atoms in total. The maximum atomic E-state index is 6.63. The fourth-order valence-electron chi connectivity index (χ4n) is 8.06. The van der Waals surface area contributed by atoms with E-state index in [0.717, 1.165) is 81.7 Å². The zero-order chi connectivity index (χ0) is 39.3. The van der Waals surface area contributed by atoms with Crippen molar-refractivity contribution in [2.45, 2.75) is 0 Å². The van der Waals surface area contributed by atoms with Crippen LogP contribution in [0.5, 0.6) is 11.5 Å². The topological polar surface area (TPSA) is 36.9 Å². The maximum absolute atomic E-state index is 6.63. The van der Waals surface area contributed by atoms with E-state index >= 15 is 0 Å². The molecule has 0 spiro atoms. The summed E-state index contributed by atoms with van der Waals surface area (Å²) in [5, 5.41) is 4.30. The molecule has 11 aromatic rings. The fourth-order valence-corrected chi connectivity index (χ4v) is 9.86. The zero-order valence-electron chi connectivity index (χ0n) is 31.4. The van der Waals surface area contributed by atoms with E-state index in [4.69, 9.17) is 9.72 Å². The van der Waals surface area contributed by atoms with Crippen molar-refractivity contribution in [2.75, 3.05) is 0 Å². The van der Waals surface area contributed by atoms with Crippen molar-refractivity contribution in [2.24, 2.45) is 0 Å². The summed E-state index contributed by atoms with van der Waals surface area (Å²) in [6, 6.07) is 70.6. The van der Waals surface area contributed by atoms with Gasteiger partial charge in [0.05, 0.1) is 0 Å². The molecule has 0 radical (unpaired) electrons. The molecule has 7 aromatic carbocycles. The predicted octanol–water partition coefficient (Wildman–Crippen LogP) is 13.4. The molecule has 0 saturated carbocycles. The second kappa shape index (κ2) is 14.8. The van der Waals surface area contributed by atoms with E-state index in [1.165, 1.54) is 4.88 Å². The first-order chi connectivity index (χ1) is 29.2. The number of rotatable bonds is 8. The molecular weight excluding hydrogens is 924 g/mol. The van der Waals surface area contributed by atoms with Gasteiger partial charge in [-0.3, -0.25) is 0 Å². The normalized spacial score (nSPS) is 11.5. The Kier molecular flexibility index (Phi) is 8.88. The Bertz CT molecular complexity index is 3310. The molecule has 4 heterocycles. The van der Waals surface area contributed by atoms with E-state index in [0.29, 0.717) is 11.5 Å². The number of fused-ring (bicyclic) bond motifs is 4. The van der Waals surface area contributed by atoms with Crippen LogP contribution < -0.4 is 4.74 Å². The van der Waals surface area contributed by atoms with E-state index in [2.05, 4.69) is 214 Å². The molecule has 0 saturated heterocycles. The molecule has 0 aliphatic heterocycles. The van der Waals surface area contributed by atoms with Crippen LogP contribution in [0.2, 0.25) is 0 Å². The standard InChI is InChI=1S/C52H32N4OS.Pt/c1-3-14-36(15-4-1)42-21-12-22-43(37-16-5-2-6-17-37)52(42)55-35-54(47-24-9-10-25-48(47)55)39-18-11-19-40(32-39)57-41-28-29-45-44-20-7-8-23-46(44)56(49(45)33-41)51-30-27-38(34-53-51)50-26-13-31-58-50;/h1-31,34H;/q-2;. The van der Waals surface area contributed by atoms with Crippen LogP contribution >= 0.6 is 11.3 Å². The summed E-state index contributed by atoms with van der Waals surface area (Å²) in [7, 11) is 0. The Balaban J connectivity index is 1.03. The number of aromatic nitrogens is 4. The summed E-state index contributed by atoms with van der Waals surface area (Å²) in [6.07, 6.45) is 1.95. The van der Waals surface area contributed by atoms with Crippen LogP contribution in [0.1, 0.15) is 0 Å². The summed E-state index contributed by atoms with van der Waals surface area (Å²) >= 11 is 4.18. The van der Waals surface area contributed by atoms with Gasteiger partial charge in [-0.25, -0.2) is 0 Å². The van der Waals surface area contributed by atoms with Crippen LogP contribution in [0.15, 0.2) is 194 Å². The van der Waals surface area contributed by atoms with Gasteiger partial charge in [0.15, 0.2) is 0 Å². The molecule has 0 N–H and O–H groups in total. The molecule has 0 aliphatic rings. The van der Waals surface area contributed by atoms with Gasteiger partial charge in [0.25, 0.3) is 0 Å². The van der Waals surface area contributed by atoms with E-state index in [1.54, 1.807) is 11.3 Å². The molecule has 0 amide bonds. The molecule has 59 heavy (non-hydrogen) atoms. The van der Waals surface area contributed by atoms with Crippen LogP contribution in [0, 0.1) is 15.9 Å². The molecular formula is C52H32N4OPtS-2. The number of para-hydroxylation sites is 4. The van der Waals surface area contributed by atoms with Crippen LogP contribution in [0.25, 0.3) is 82.7 Å². The molecule has 11 rings (SSSR count). The summed E-state index contributed by atoms with van der Waals surface area (Å²) < 4.78 is 14.5. The fraction of sp³-hybridized carbons (Fsp3) is 0. The second-order valence-electron chi connectivity index (χ2n) is 14.2. The van der Waals surface area contributed by atoms with Crippen molar-refractivity contribution < 1.29 is 24.1 Å². The molecule has 7 heteroatoms. The number of pyridine rings is 1. The van der Waals surface area contributed by atoms with Gasteiger partial charge in [-0.2, -0.15) is 0 Å². The van der Waals surface area contributed by atoms with Gasteiger partial charge in [-0.1, -0.05) is 18.2 Å². The van der Waals surface area contributed by atoms with Crippen molar-refractivity contribution in [3.63, 3.8) is 0 Å². The Morgan fingerprint density at radius 2 is 1.15 bits per heavy atom. The van der Waals surface area contributed by atoms with Crippen LogP contribution in [-0.2, 0) is 19.4 Å². The van der Waals surface area contributed by atoms with E-state index in [1.807, 2.05) is 24.4 Å². The minimum absolute atomic E-state index is 0.592. The van der Waals surface area contributed by atoms with Crippen LogP contribution in [0.3, 0.4) is 0 Å². The predicted molar refractivity (Wildman–Crippen MR) is 236 cm³/mol. The molecule has 284 valence electrons. The molecule has 0 fully saturated rings. The number of hydrogen-bond donors (Lipinski definition) is 0. The zero-order valence-corrected chi connectivity index (χ0v) is 34.5. The molecule has 0 atom stereocenters. The van der Waals surface area contributed by atoms with E-state index in [9.17, 15) is 0 Å². The quantitative estimate of drug-likeness (QED) is 0.142. The Hall–Kier alpha value is -6.85. The number of hydrogen-bond acceptors (Lipinski definition) is 3. The molecule has 0 aliphatic carbocycles. The van der Waals surface area contributed by atoms with Gasteiger partial charge < -0.3 is 0 Å². The number of ether oxygens (including phenoxy) is 1. The molecule has 0 bridgehead atoms. The average Bonchev–Trinajstić information content (AvgIpc) is 4.02. The molecule has 0 unspecified atom stereocenters. The first-order valence-electron chi connectivity index (χ1n) is 19.3. The summed E-state index contributed by atoms with van der Waals surface area (Å²) in [4.78, 5) is 6.13. The van der Waals surface area contributed by atoms with Crippen molar-refractivity contribution >= 4 is 44.2 Å². The third-order valence-electron chi connectivity index (χ3n) is 10.7. The van der Waals surface area contributed by atoms with Crippen molar-refractivity contribution in [1.29, 1.82) is 0 Å². The third kappa shape index (κ3) is 6.20. The first kappa shape index (κ1) is 35.3.